The van der Waals surface area contributed by atoms with Gasteiger partial charge in [0, 0.05) is 6.42 Å². The lowest BCUT2D eigenvalue weighted by Gasteiger charge is -2.20. The maximum atomic E-state index is 11.9. The molecule has 0 spiro atoms. The largest absolute Gasteiger partial charge is 0.480 e. The number of benzene rings is 1. The van der Waals surface area contributed by atoms with Gasteiger partial charge in [0.15, 0.2) is 6.04 Å². The van der Waals surface area contributed by atoms with Gasteiger partial charge in [-0.2, -0.15) is 0 Å². The number of carbonyl (C=O) groups is 2. The molecule has 3 N–H and O–H groups in total. The topological polar surface area (TPSA) is 86.6 Å². The number of aliphatic hydroxyl groups is 1. The number of amides is 1. The third-order valence-electron chi connectivity index (χ3n) is 4.05. The molecule has 1 amide bonds. The molecule has 0 aliphatic carbocycles. The standard InChI is InChI=1S/C19H29NO4/c1-2-3-4-5-6-7-11-14-16(21)20-17(19(23)24)18(22)15-12-9-8-10-13-15/h8-10,12-13,17-18,22H,2-7,11,14H2,1H3,(H,20,21)(H,23,24)/t17-,18-/m1/s1. The molecule has 2 atom stereocenters. The molecule has 24 heavy (non-hydrogen) atoms. The summed E-state index contributed by atoms with van der Waals surface area (Å²) in [6, 6.07) is 7.18. The number of rotatable bonds is 12. The molecular weight excluding hydrogens is 306 g/mol. The first kappa shape index (κ1) is 20.2. The number of aliphatic hydroxyl groups excluding tert-OH is 1. The van der Waals surface area contributed by atoms with Gasteiger partial charge < -0.3 is 15.5 Å². The van der Waals surface area contributed by atoms with Gasteiger partial charge in [-0.3, -0.25) is 4.79 Å². The monoisotopic (exact) mass is 335 g/mol. The van der Waals surface area contributed by atoms with E-state index in [2.05, 4.69) is 12.2 Å². The molecule has 0 unspecified atom stereocenters. The number of aliphatic carboxylic acids is 1. The zero-order valence-corrected chi connectivity index (χ0v) is 14.4. The van der Waals surface area contributed by atoms with E-state index in [0.29, 0.717) is 12.0 Å². The first-order valence-corrected chi connectivity index (χ1v) is 8.81. The van der Waals surface area contributed by atoms with Crippen LogP contribution in [0, 0.1) is 0 Å². The lowest BCUT2D eigenvalue weighted by molar-refractivity contribution is -0.145. The molecule has 0 aliphatic rings. The molecule has 1 aromatic carbocycles. The van der Waals surface area contributed by atoms with Gasteiger partial charge in [0.1, 0.15) is 6.10 Å². The Balaban J connectivity index is 2.37. The first-order chi connectivity index (χ1) is 11.6. The Kier molecular flexibility index (Phi) is 9.77. The van der Waals surface area contributed by atoms with Crippen LogP contribution in [0.4, 0.5) is 0 Å². The highest BCUT2D eigenvalue weighted by Crippen LogP contribution is 2.17. The van der Waals surface area contributed by atoms with Crippen molar-refractivity contribution in [1.29, 1.82) is 0 Å². The third kappa shape index (κ3) is 7.59. The second-order valence-corrected chi connectivity index (χ2v) is 6.11. The van der Waals surface area contributed by atoms with Gasteiger partial charge in [-0.15, -0.1) is 0 Å². The quantitative estimate of drug-likeness (QED) is 0.511. The van der Waals surface area contributed by atoms with Crippen LogP contribution in [0.3, 0.4) is 0 Å². The lowest BCUT2D eigenvalue weighted by Crippen LogP contribution is -2.44. The van der Waals surface area contributed by atoms with Crippen molar-refractivity contribution in [2.75, 3.05) is 0 Å². The Hall–Kier alpha value is -1.88. The van der Waals surface area contributed by atoms with Crippen LogP contribution >= 0.6 is 0 Å². The van der Waals surface area contributed by atoms with Crippen LogP contribution in [0.25, 0.3) is 0 Å². The summed E-state index contributed by atoms with van der Waals surface area (Å²) in [5, 5.41) is 21.9. The second-order valence-electron chi connectivity index (χ2n) is 6.11. The SMILES string of the molecule is CCCCCCCCCC(=O)N[C@@H](C(=O)O)[C@H](O)c1ccccc1. The van der Waals surface area contributed by atoms with Crippen molar-refractivity contribution in [3.8, 4) is 0 Å². The molecule has 1 rings (SSSR count). The van der Waals surface area contributed by atoms with Gasteiger partial charge in [0.2, 0.25) is 5.91 Å². The van der Waals surface area contributed by atoms with Crippen molar-refractivity contribution in [3.63, 3.8) is 0 Å². The lowest BCUT2D eigenvalue weighted by atomic mass is 10.0. The molecule has 5 heteroatoms. The van der Waals surface area contributed by atoms with E-state index in [-0.39, 0.29) is 5.91 Å². The van der Waals surface area contributed by atoms with E-state index >= 15 is 0 Å². The van der Waals surface area contributed by atoms with Crippen molar-refractivity contribution >= 4 is 11.9 Å². The number of nitrogens with one attached hydrogen (secondary N) is 1. The Morgan fingerprint density at radius 1 is 1.00 bits per heavy atom. The van der Waals surface area contributed by atoms with E-state index in [1.807, 2.05) is 0 Å². The minimum atomic E-state index is -1.33. The smallest absolute Gasteiger partial charge is 0.329 e. The molecule has 0 heterocycles. The highest BCUT2D eigenvalue weighted by molar-refractivity contribution is 5.84. The maximum absolute atomic E-state index is 11.9. The molecule has 0 aliphatic heterocycles. The maximum Gasteiger partial charge on any atom is 0.329 e. The Labute approximate surface area is 144 Å². The van der Waals surface area contributed by atoms with Gasteiger partial charge in [0.05, 0.1) is 0 Å². The zero-order chi connectivity index (χ0) is 17.8. The second kappa shape index (κ2) is 11.6. The normalized spacial score (nSPS) is 13.2. The zero-order valence-electron chi connectivity index (χ0n) is 14.4. The molecule has 0 radical (unpaired) electrons. The predicted octanol–water partition coefficient (Wildman–Crippen LogP) is 3.43. The first-order valence-electron chi connectivity index (χ1n) is 8.81. The molecule has 134 valence electrons. The summed E-state index contributed by atoms with van der Waals surface area (Å²) >= 11 is 0. The summed E-state index contributed by atoms with van der Waals surface area (Å²) in [4.78, 5) is 23.3. The molecule has 0 aromatic heterocycles. The molecule has 0 saturated heterocycles. The Morgan fingerprint density at radius 3 is 2.17 bits per heavy atom. The van der Waals surface area contributed by atoms with Crippen LogP contribution < -0.4 is 5.32 Å². The van der Waals surface area contributed by atoms with E-state index in [1.165, 1.54) is 25.7 Å². The van der Waals surface area contributed by atoms with Crippen molar-refractivity contribution < 1.29 is 19.8 Å². The molecule has 5 nitrogen and oxygen atoms in total. The van der Waals surface area contributed by atoms with E-state index in [9.17, 15) is 19.8 Å². The van der Waals surface area contributed by atoms with Crippen LogP contribution in [0.15, 0.2) is 30.3 Å². The van der Waals surface area contributed by atoms with E-state index in [4.69, 9.17) is 0 Å². The highest BCUT2D eigenvalue weighted by atomic mass is 16.4. The van der Waals surface area contributed by atoms with Crippen molar-refractivity contribution in [2.24, 2.45) is 0 Å². The van der Waals surface area contributed by atoms with Gasteiger partial charge in [-0.1, -0.05) is 75.8 Å². The predicted molar refractivity (Wildman–Crippen MR) is 93.6 cm³/mol. The van der Waals surface area contributed by atoms with Crippen LogP contribution in [0.1, 0.15) is 70.0 Å². The summed E-state index contributed by atoms with van der Waals surface area (Å²) in [7, 11) is 0. The van der Waals surface area contributed by atoms with Crippen molar-refractivity contribution in [1.82, 2.24) is 5.32 Å². The van der Waals surface area contributed by atoms with E-state index in [0.717, 1.165) is 19.3 Å². The summed E-state index contributed by atoms with van der Waals surface area (Å²) in [5.74, 6) is -1.56. The number of carboxylic acid groups (broad SMARTS) is 1. The molecule has 0 fully saturated rings. The minimum absolute atomic E-state index is 0.291. The Bertz CT molecular complexity index is 489. The Morgan fingerprint density at radius 2 is 1.58 bits per heavy atom. The number of hydrogen-bond acceptors (Lipinski definition) is 3. The molecule has 0 bridgehead atoms. The summed E-state index contributed by atoms with van der Waals surface area (Å²) in [6.07, 6.45) is 6.71. The fourth-order valence-electron chi connectivity index (χ4n) is 2.61. The number of carbonyl (C=O) groups excluding carboxylic acids is 1. The van der Waals surface area contributed by atoms with Crippen LogP contribution in [0.5, 0.6) is 0 Å². The van der Waals surface area contributed by atoms with Crippen molar-refractivity contribution in [2.45, 2.75) is 70.4 Å². The number of hydrogen-bond donors (Lipinski definition) is 3. The average Bonchev–Trinajstić information content (AvgIpc) is 2.59. The molecule has 0 saturated carbocycles. The average molecular weight is 335 g/mol. The number of unbranched alkanes of at least 4 members (excludes halogenated alkanes) is 6. The van der Waals surface area contributed by atoms with Crippen LogP contribution in [-0.4, -0.2) is 28.1 Å². The molecular formula is C19H29NO4. The van der Waals surface area contributed by atoms with Crippen LogP contribution in [-0.2, 0) is 9.59 Å². The fraction of sp³-hybridized carbons (Fsp3) is 0.579. The third-order valence-corrected chi connectivity index (χ3v) is 4.05. The van der Waals surface area contributed by atoms with E-state index < -0.39 is 18.1 Å². The summed E-state index contributed by atoms with van der Waals surface area (Å²) in [5.41, 5.74) is 0.473. The van der Waals surface area contributed by atoms with E-state index in [1.54, 1.807) is 30.3 Å². The molecule has 1 aromatic rings. The van der Waals surface area contributed by atoms with Gasteiger partial charge in [-0.25, -0.2) is 4.79 Å². The number of carboxylic acids is 1. The summed E-state index contributed by atoms with van der Waals surface area (Å²) < 4.78 is 0. The van der Waals surface area contributed by atoms with Crippen LogP contribution in [0.2, 0.25) is 0 Å². The minimum Gasteiger partial charge on any atom is -0.480 e. The van der Waals surface area contributed by atoms with Gasteiger partial charge >= 0.3 is 5.97 Å². The van der Waals surface area contributed by atoms with Crippen molar-refractivity contribution in [3.05, 3.63) is 35.9 Å². The van der Waals surface area contributed by atoms with Gasteiger partial charge in [-0.05, 0) is 12.0 Å². The fourth-order valence-corrected chi connectivity index (χ4v) is 2.61. The van der Waals surface area contributed by atoms with Gasteiger partial charge in [0.25, 0.3) is 0 Å². The summed E-state index contributed by atoms with van der Waals surface area (Å²) in [6.45, 7) is 2.17. The highest BCUT2D eigenvalue weighted by Gasteiger charge is 2.29.